The molecule has 1 heterocycles. The van der Waals surface area contributed by atoms with Gasteiger partial charge >= 0.3 is 0 Å². The first kappa shape index (κ1) is 10.8. The number of nitrogens with one attached hydrogen (secondary N) is 1. The van der Waals surface area contributed by atoms with Crippen molar-refractivity contribution in [1.82, 2.24) is 9.97 Å². The van der Waals surface area contributed by atoms with Gasteiger partial charge in [-0.3, -0.25) is 4.79 Å². The Labute approximate surface area is 86.4 Å². The lowest BCUT2D eigenvalue weighted by atomic mass is 10.4. The Balaban J connectivity index is 2.77. The number of aromatic amines is 1. The van der Waals surface area contributed by atoms with Gasteiger partial charge in [0.1, 0.15) is 0 Å². The van der Waals surface area contributed by atoms with E-state index in [-0.39, 0.29) is 10.8 Å². The Bertz CT molecular complexity index is 407. The minimum Gasteiger partial charge on any atom is -0.301 e. The van der Waals surface area contributed by atoms with E-state index in [1.165, 1.54) is 17.8 Å². The zero-order chi connectivity index (χ0) is 10.6. The molecule has 0 saturated carbocycles. The molecule has 1 N–H and O–H groups in total. The number of thioether (sulfide) groups is 1. The van der Waals surface area contributed by atoms with Crippen molar-refractivity contribution in [3.05, 3.63) is 22.1 Å². The van der Waals surface area contributed by atoms with Crippen molar-refractivity contribution in [3.63, 3.8) is 0 Å². The molecule has 0 radical (unpaired) electrons. The number of hydrogen-bond donors (Lipinski definition) is 1. The number of nitrogens with zero attached hydrogens (tertiary/aromatic N) is 2. The third kappa shape index (κ3) is 3.23. The number of aryl methyl sites for hydroxylation is 1. The number of hydrogen-bond acceptors (Lipinski definition) is 4. The highest BCUT2D eigenvalue weighted by molar-refractivity contribution is 7.99. The first-order chi connectivity index (χ1) is 6.61. The van der Waals surface area contributed by atoms with E-state index in [0.29, 0.717) is 17.3 Å². The van der Waals surface area contributed by atoms with Crippen LogP contribution in [0.4, 0.5) is 0 Å². The second-order valence-electron chi connectivity index (χ2n) is 2.98. The van der Waals surface area contributed by atoms with Gasteiger partial charge in [0.2, 0.25) is 0 Å². The number of rotatable bonds is 3. The molecule has 0 aromatic carbocycles. The molecule has 0 aliphatic heterocycles. The lowest BCUT2D eigenvalue weighted by Crippen LogP contribution is -2.09. The zero-order valence-corrected chi connectivity index (χ0v) is 8.89. The summed E-state index contributed by atoms with van der Waals surface area (Å²) in [7, 11) is 0. The zero-order valence-electron chi connectivity index (χ0n) is 8.07. The molecule has 1 atom stereocenters. The first-order valence-electron chi connectivity index (χ1n) is 4.23. The summed E-state index contributed by atoms with van der Waals surface area (Å²) in [6, 6.07) is 3.52. The lowest BCUT2D eigenvalue weighted by molar-refractivity contribution is 0.889. The van der Waals surface area contributed by atoms with Crippen molar-refractivity contribution >= 4 is 11.8 Å². The van der Waals surface area contributed by atoms with Crippen molar-refractivity contribution in [1.29, 1.82) is 5.26 Å². The van der Waals surface area contributed by atoms with Gasteiger partial charge in [-0.25, -0.2) is 4.98 Å². The highest BCUT2D eigenvalue weighted by atomic mass is 32.2. The fraction of sp³-hybridized carbons (Fsp3) is 0.444. The molecule has 0 bridgehead atoms. The second kappa shape index (κ2) is 4.82. The molecule has 14 heavy (non-hydrogen) atoms. The summed E-state index contributed by atoms with van der Waals surface area (Å²) in [5.41, 5.74) is 0.546. The van der Waals surface area contributed by atoms with Crippen LogP contribution in [0.25, 0.3) is 0 Å². The Morgan fingerprint density at radius 1 is 1.79 bits per heavy atom. The molecular formula is C9H11N3OS. The summed E-state index contributed by atoms with van der Waals surface area (Å²) in [5.74, 6) is 0. The van der Waals surface area contributed by atoms with Crippen LogP contribution < -0.4 is 5.56 Å². The number of H-pyrrole nitrogens is 1. The summed E-state index contributed by atoms with van der Waals surface area (Å²) in [6.45, 7) is 3.70. The minimum absolute atomic E-state index is 0.143. The van der Waals surface area contributed by atoms with E-state index in [2.05, 4.69) is 16.0 Å². The maximum absolute atomic E-state index is 11.1. The third-order valence-electron chi connectivity index (χ3n) is 1.54. The smallest absolute Gasteiger partial charge is 0.251 e. The van der Waals surface area contributed by atoms with Crippen LogP contribution in [0.15, 0.2) is 16.0 Å². The largest absolute Gasteiger partial charge is 0.301 e. The highest BCUT2D eigenvalue weighted by Crippen LogP contribution is 2.19. The molecule has 4 nitrogen and oxygen atoms in total. The van der Waals surface area contributed by atoms with Gasteiger partial charge < -0.3 is 4.98 Å². The van der Waals surface area contributed by atoms with Gasteiger partial charge in [0, 0.05) is 23.4 Å². The molecule has 1 rings (SSSR count). The van der Waals surface area contributed by atoms with Crippen molar-refractivity contribution in [2.45, 2.75) is 30.7 Å². The lowest BCUT2D eigenvalue weighted by Gasteiger charge is -2.05. The fourth-order valence-corrected chi connectivity index (χ4v) is 1.86. The standard InChI is InChI=1S/C9H11N3OS/c1-6-5-8(13)12-9(11-6)14-7(2)3-4-10/h5,7H,3H2,1-2H3,(H,11,12,13). The SMILES string of the molecule is Cc1cc(=O)[nH]c(SC(C)CC#N)n1. The van der Waals surface area contributed by atoms with Gasteiger partial charge in [0.05, 0.1) is 6.07 Å². The molecular weight excluding hydrogens is 198 g/mol. The van der Waals surface area contributed by atoms with E-state index in [0.717, 1.165) is 0 Å². The van der Waals surface area contributed by atoms with E-state index in [4.69, 9.17) is 5.26 Å². The monoisotopic (exact) mass is 209 g/mol. The molecule has 1 unspecified atom stereocenters. The number of nitriles is 1. The minimum atomic E-state index is -0.149. The summed E-state index contributed by atoms with van der Waals surface area (Å²) in [5, 5.41) is 9.19. The average molecular weight is 209 g/mol. The highest BCUT2D eigenvalue weighted by Gasteiger charge is 2.06. The molecule has 1 aromatic heterocycles. The molecule has 0 spiro atoms. The van der Waals surface area contributed by atoms with E-state index < -0.39 is 0 Å². The summed E-state index contributed by atoms with van der Waals surface area (Å²) >= 11 is 1.41. The molecule has 0 aliphatic carbocycles. The molecule has 0 saturated heterocycles. The van der Waals surface area contributed by atoms with Crippen LogP contribution in [0.3, 0.4) is 0 Å². The van der Waals surface area contributed by atoms with Gasteiger partial charge in [-0.15, -0.1) is 0 Å². The Morgan fingerprint density at radius 2 is 2.50 bits per heavy atom. The van der Waals surface area contributed by atoms with Gasteiger partial charge in [-0.2, -0.15) is 5.26 Å². The van der Waals surface area contributed by atoms with Crippen molar-refractivity contribution in [3.8, 4) is 6.07 Å². The molecule has 0 amide bonds. The predicted molar refractivity (Wildman–Crippen MR) is 55.1 cm³/mol. The van der Waals surface area contributed by atoms with Crippen molar-refractivity contribution in [2.24, 2.45) is 0 Å². The molecule has 0 fully saturated rings. The quantitative estimate of drug-likeness (QED) is 0.604. The van der Waals surface area contributed by atoms with Crippen LogP contribution >= 0.6 is 11.8 Å². The Hall–Kier alpha value is -1.28. The summed E-state index contributed by atoms with van der Waals surface area (Å²) in [6.07, 6.45) is 0.447. The molecule has 5 heteroatoms. The normalized spacial score (nSPS) is 12.1. The Kier molecular flexibility index (Phi) is 3.72. The average Bonchev–Trinajstić information content (AvgIpc) is 2.01. The van der Waals surface area contributed by atoms with Crippen molar-refractivity contribution in [2.75, 3.05) is 0 Å². The molecule has 0 aliphatic rings. The maximum atomic E-state index is 11.1. The molecule has 1 aromatic rings. The number of aromatic nitrogens is 2. The van der Waals surface area contributed by atoms with Gasteiger partial charge in [0.15, 0.2) is 5.16 Å². The van der Waals surface area contributed by atoms with Gasteiger partial charge in [-0.1, -0.05) is 18.7 Å². The summed E-state index contributed by atoms with van der Waals surface area (Å²) in [4.78, 5) is 17.9. The van der Waals surface area contributed by atoms with E-state index in [9.17, 15) is 4.79 Å². The summed E-state index contributed by atoms with van der Waals surface area (Å²) < 4.78 is 0. The van der Waals surface area contributed by atoms with Crippen LogP contribution in [-0.4, -0.2) is 15.2 Å². The van der Waals surface area contributed by atoms with Crippen LogP contribution in [0.2, 0.25) is 0 Å². The Morgan fingerprint density at radius 3 is 3.07 bits per heavy atom. The maximum Gasteiger partial charge on any atom is 0.251 e. The van der Waals surface area contributed by atoms with E-state index in [1.807, 2.05) is 6.92 Å². The predicted octanol–water partition coefficient (Wildman–Crippen LogP) is 1.47. The van der Waals surface area contributed by atoms with E-state index in [1.54, 1.807) is 6.92 Å². The van der Waals surface area contributed by atoms with Gasteiger partial charge in [0.25, 0.3) is 5.56 Å². The third-order valence-corrected chi connectivity index (χ3v) is 2.53. The fourth-order valence-electron chi connectivity index (χ4n) is 0.968. The topological polar surface area (TPSA) is 69.5 Å². The molecule has 74 valence electrons. The van der Waals surface area contributed by atoms with Crippen LogP contribution in [0.1, 0.15) is 19.0 Å². The van der Waals surface area contributed by atoms with Crippen LogP contribution in [-0.2, 0) is 0 Å². The first-order valence-corrected chi connectivity index (χ1v) is 5.11. The van der Waals surface area contributed by atoms with Crippen LogP contribution in [0.5, 0.6) is 0 Å². The van der Waals surface area contributed by atoms with Crippen LogP contribution in [0, 0.1) is 18.3 Å². The van der Waals surface area contributed by atoms with Gasteiger partial charge in [-0.05, 0) is 6.92 Å². The second-order valence-corrected chi connectivity index (χ2v) is 4.41. The van der Waals surface area contributed by atoms with E-state index >= 15 is 0 Å². The van der Waals surface area contributed by atoms with Crippen molar-refractivity contribution < 1.29 is 0 Å².